The fourth-order valence-corrected chi connectivity index (χ4v) is 7.01. The molecular weight excluding hydrogens is 483 g/mol. The lowest BCUT2D eigenvalue weighted by Gasteiger charge is -2.34. The van der Waals surface area contributed by atoms with Crippen LogP contribution in [0.25, 0.3) is 0 Å². The van der Waals surface area contributed by atoms with Crippen LogP contribution in [0.5, 0.6) is 0 Å². The van der Waals surface area contributed by atoms with Gasteiger partial charge in [0.05, 0.1) is 33.2 Å². The van der Waals surface area contributed by atoms with Crippen LogP contribution in [-0.2, 0) is 9.59 Å². The van der Waals surface area contributed by atoms with Crippen LogP contribution < -0.4 is 4.90 Å². The van der Waals surface area contributed by atoms with Gasteiger partial charge in [0.25, 0.3) is 0 Å². The van der Waals surface area contributed by atoms with Gasteiger partial charge in [0.2, 0.25) is 11.8 Å². The van der Waals surface area contributed by atoms with Crippen LogP contribution in [0.2, 0.25) is 0 Å². The number of carbonyl (C=O) groups is 3. The normalized spacial score (nSPS) is 36.6. The number of rotatable bonds is 2. The number of para-hydroxylation sites is 1. The summed E-state index contributed by atoms with van der Waals surface area (Å²) in [7, 11) is 0. The van der Waals surface area contributed by atoms with E-state index in [9.17, 15) is 19.5 Å². The molecule has 142 valence electrons. The Labute approximate surface area is 182 Å². The third-order valence-electron chi connectivity index (χ3n) is 5.28. The molecule has 0 spiro atoms. The number of imide groups is 1. The highest BCUT2D eigenvalue weighted by molar-refractivity contribution is 6.67. The van der Waals surface area contributed by atoms with E-state index in [1.165, 1.54) is 24.3 Å². The van der Waals surface area contributed by atoms with E-state index in [0.29, 0.717) is 0 Å². The summed E-state index contributed by atoms with van der Waals surface area (Å²) in [5, 5.41) is 8.98. The van der Waals surface area contributed by atoms with E-state index in [0.717, 1.165) is 4.90 Å². The van der Waals surface area contributed by atoms with Gasteiger partial charge >= 0.3 is 5.97 Å². The number of halogens is 6. The molecule has 0 radical (unpaired) electrons. The molecule has 1 N–H and O–H groups in total. The minimum Gasteiger partial charge on any atom is -0.478 e. The van der Waals surface area contributed by atoms with Crippen LogP contribution in [0.3, 0.4) is 0 Å². The molecule has 0 unspecified atom stereocenters. The Morgan fingerprint density at radius 2 is 1.37 bits per heavy atom. The van der Waals surface area contributed by atoms with Crippen molar-refractivity contribution in [2.24, 2.45) is 11.8 Å². The van der Waals surface area contributed by atoms with Gasteiger partial charge in [-0.2, -0.15) is 0 Å². The third kappa shape index (κ3) is 1.93. The first-order valence-corrected chi connectivity index (χ1v) is 9.72. The standard InChI is InChI=1S/C16H7Cl6NO4/c17-9-10(18)15(20)8-7(14(9,19)16(15,21)22)11(24)23(12(8)25)6-4-2-1-3-5(6)13(26)27/h1-4,7-8H,(H,26,27)/t7-,8+,14-,15-/m1/s1. The van der Waals surface area contributed by atoms with Crippen LogP contribution in [0, 0.1) is 11.8 Å². The molecule has 4 atom stereocenters. The SMILES string of the molecule is O=C(O)c1ccccc1N1C(=O)[C@@H]2[C@H](C1=O)[C@@]1(Cl)C(Cl)=C(Cl)[C@@]2(Cl)C1(Cl)Cl. The maximum atomic E-state index is 13.2. The second kappa shape index (κ2) is 5.68. The summed E-state index contributed by atoms with van der Waals surface area (Å²) in [6, 6.07) is 5.55. The number of aromatic carboxylic acids is 1. The molecule has 1 aliphatic heterocycles. The molecule has 1 aromatic rings. The second-order valence-electron chi connectivity index (χ2n) is 6.42. The molecule has 5 nitrogen and oxygen atoms in total. The molecule has 1 saturated carbocycles. The van der Waals surface area contributed by atoms with Crippen molar-refractivity contribution >= 4 is 93.1 Å². The number of fused-ring (bicyclic) bond motifs is 5. The summed E-state index contributed by atoms with van der Waals surface area (Å²) in [5.74, 6) is -5.54. The van der Waals surface area contributed by atoms with Crippen LogP contribution in [0.15, 0.2) is 34.3 Å². The Bertz CT molecular complexity index is 931. The second-order valence-corrected chi connectivity index (χ2v) is 9.69. The van der Waals surface area contributed by atoms with Crippen LogP contribution in [0.4, 0.5) is 5.69 Å². The zero-order chi connectivity index (χ0) is 20.1. The predicted molar refractivity (Wildman–Crippen MR) is 103 cm³/mol. The highest BCUT2D eigenvalue weighted by Crippen LogP contribution is 2.77. The maximum absolute atomic E-state index is 13.2. The first kappa shape index (κ1) is 19.6. The topological polar surface area (TPSA) is 74.7 Å². The molecule has 3 aliphatic rings. The Morgan fingerprint density at radius 1 is 0.926 bits per heavy atom. The minimum absolute atomic E-state index is 0.115. The summed E-state index contributed by atoms with van der Waals surface area (Å²) < 4.78 is -2.03. The summed E-state index contributed by atoms with van der Waals surface area (Å²) >= 11 is 38.4. The summed E-state index contributed by atoms with van der Waals surface area (Å²) in [5.41, 5.74) is -0.358. The van der Waals surface area contributed by atoms with E-state index in [4.69, 9.17) is 69.6 Å². The summed E-state index contributed by atoms with van der Waals surface area (Å²) in [4.78, 5) is 34.7. The highest BCUT2D eigenvalue weighted by Gasteiger charge is 2.87. The first-order valence-electron chi connectivity index (χ1n) is 7.46. The molecule has 2 bridgehead atoms. The van der Waals surface area contributed by atoms with Crippen LogP contribution >= 0.6 is 69.6 Å². The lowest BCUT2D eigenvalue weighted by molar-refractivity contribution is -0.123. The molecule has 2 fully saturated rings. The monoisotopic (exact) mass is 487 g/mol. The van der Waals surface area contributed by atoms with Gasteiger partial charge in [-0.3, -0.25) is 9.59 Å². The molecule has 27 heavy (non-hydrogen) atoms. The molecule has 2 aliphatic carbocycles. The van der Waals surface area contributed by atoms with Gasteiger partial charge in [-0.1, -0.05) is 58.5 Å². The number of nitrogens with zero attached hydrogens (tertiary/aromatic N) is 1. The van der Waals surface area contributed by atoms with Crippen LogP contribution in [-0.4, -0.2) is 37.0 Å². The van der Waals surface area contributed by atoms with Crippen molar-refractivity contribution in [3.63, 3.8) is 0 Å². The van der Waals surface area contributed by atoms with E-state index < -0.39 is 43.7 Å². The molecule has 1 aromatic carbocycles. The Balaban J connectivity index is 1.93. The van der Waals surface area contributed by atoms with Crippen molar-refractivity contribution in [3.8, 4) is 0 Å². The van der Waals surface area contributed by atoms with Crippen molar-refractivity contribution in [2.75, 3.05) is 4.90 Å². The number of hydrogen-bond acceptors (Lipinski definition) is 3. The quantitative estimate of drug-likeness (QED) is 0.495. The fourth-order valence-electron chi connectivity index (χ4n) is 4.08. The molecule has 1 saturated heterocycles. The van der Waals surface area contributed by atoms with Crippen molar-refractivity contribution in [1.29, 1.82) is 0 Å². The van der Waals surface area contributed by atoms with Crippen molar-refractivity contribution < 1.29 is 19.5 Å². The number of benzene rings is 1. The summed E-state index contributed by atoms with van der Waals surface area (Å²) in [6.07, 6.45) is 0. The molecule has 4 rings (SSSR count). The number of carboxylic acid groups (broad SMARTS) is 1. The molecule has 11 heteroatoms. The lowest BCUT2D eigenvalue weighted by Crippen LogP contribution is -2.50. The van der Waals surface area contributed by atoms with Gasteiger partial charge in [0.1, 0.15) is 9.75 Å². The first-order chi connectivity index (χ1) is 12.4. The smallest absolute Gasteiger partial charge is 0.337 e. The Kier molecular flexibility index (Phi) is 4.13. The zero-order valence-corrected chi connectivity index (χ0v) is 17.4. The molecule has 0 aromatic heterocycles. The zero-order valence-electron chi connectivity index (χ0n) is 12.9. The van der Waals surface area contributed by atoms with Gasteiger partial charge in [0.15, 0.2) is 4.33 Å². The van der Waals surface area contributed by atoms with Gasteiger partial charge in [0, 0.05) is 0 Å². The number of alkyl halides is 4. The number of hydrogen-bond donors (Lipinski definition) is 1. The van der Waals surface area contributed by atoms with E-state index in [-0.39, 0.29) is 21.3 Å². The predicted octanol–water partition coefficient (Wildman–Crippen LogP) is 4.34. The molecule has 1 heterocycles. The van der Waals surface area contributed by atoms with Gasteiger partial charge in [-0.25, -0.2) is 9.69 Å². The van der Waals surface area contributed by atoms with E-state index in [1.807, 2.05) is 0 Å². The van der Waals surface area contributed by atoms with E-state index in [2.05, 4.69) is 0 Å². The number of carbonyl (C=O) groups excluding carboxylic acids is 2. The number of allylic oxidation sites excluding steroid dienone is 2. The molecular formula is C16H7Cl6NO4. The van der Waals surface area contributed by atoms with Gasteiger partial charge < -0.3 is 5.11 Å². The Morgan fingerprint density at radius 3 is 1.81 bits per heavy atom. The van der Waals surface area contributed by atoms with Crippen molar-refractivity contribution in [3.05, 3.63) is 39.9 Å². The number of anilines is 1. The maximum Gasteiger partial charge on any atom is 0.337 e. The van der Waals surface area contributed by atoms with E-state index in [1.54, 1.807) is 0 Å². The summed E-state index contributed by atoms with van der Waals surface area (Å²) in [6.45, 7) is 0. The lowest BCUT2D eigenvalue weighted by atomic mass is 9.84. The Hall–Kier alpha value is -0.690. The fraction of sp³-hybridized carbons (Fsp3) is 0.312. The van der Waals surface area contributed by atoms with Crippen LogP contribution in [0.1, 0.15) is 10.4 Å². The average molecular weight is 490 g/mol. The minimum atomic E-state index is -2.03. The third-order valence-corrected chi connectivity index (χ3v) is 9.54. The highest BCUT2D eigenvalue weighted by atomic mass is 35.5. The largest absolute Gasteiger partial charge is 0.478 e. The van der Waals surface area contributed by atoms with Gasteiger partial charge in [-0.05, 0) is 12.1 Å². The average Bonchev–Trinajstić information content (AvgIpc) is 2.99. The molecule has 2 amide bonds. The van der Waals surface area contributed by atoms with Crippen molar-refractivity contribution in [1.82, 2.24) is 0 Å². The van der Waals surface area contributed by atoms with Gasteiger partial charge in [-0.15, -0.1) is 23.2 Å². The number of carboxylic acids is 1. The number of amides is 2. The van der Waals surface area contributed by atoms with Crippen molar-refractivity contribution in [2.45, 2.75) is 14.1 Å². The van der Waals surface area contributed by atoms with E-state index >= 15 is 0 Å².